The number of nitrogens with zero attached hydrogens (tertiary/aromatic N) is 1. The second-order valence-corrected chi connectivity index (χ2v) is 7.57. The molecule has 23 heavy (non-hydrogen) atoms. The summed E-state index contributed by atoms with van der Waals surface area (Å²) in [6.07, 6.45) is 3.25. The van der Waals surface area contributed by atoms with Crippen LogP contribution in [0.25, 0.3) is 0 Å². The molecule has 2 heterocycles. The fourth-order valence-electron chi connectivity index (χ4n) is 3.02. The Kier molecular flexibility index (Phi) is 4.93. The Labute approximate surface area is 136 Å². The average molecular weight is 339 g/mol. The van der Waals surface area contributed by atoms with Crippen LogP contribution in [-0.4, -0.2) is 49.3 Å². The average Bonchev–Trinajstić information content (AvgIpc) is 2.69. The lowest BCUT2D eigenvalue weighted by molar-refractivity contribution is -0.147. The molecule has 2 aliphatic rings. The molecule has 7 heteroatoms. The molecule has 0 aliphatic carbocycles. The largest absolute Gasteiger partial charge is 0.450 e. The molecule has 0 radical (unpaired) electrons. The van der Waals surface area contributed by atoms with Crippen molar-refractivity contribution in [3.8, 4) is 0 Å². The number of carbonyl (C=O) groups excluding carboxylic acids is 1. The number of piperidine rings is 1. The van der Waals surface area contributed by atoms with Crippen molar-refractivity contribution in [2.24, 2.45) is 0 Å². The first kappa shape index (κ1) is 17.7. The highest BCUT2D eigenvalue weighted by molar-refractivity contribution is 7.85. The van der Waals surface area contributed by atoms with Crippen LogP contribution in [0.1, 0.15) is 24.9 Å². The maximum atomic E-state index is 11.4. The Bertz CT molecular complexity index is 705. The Balaban J connectivity index is 0.000000338. The number of ether oxygens (including phenoxy) is 1. The van der Waals surface area contributed by atoms with Crippen LogP contribution < -0.4 is 0 Å². The van der Waals surface area contributed by atoms with Crippen LogP contribution in [0.5, 0.6) is 0 Å². The molecule has 0 bridgehead atoms. The Morgan fingerprint density at radius 1 is 1.30 bits per heavy atom. The van der Waals surface area contributed by atoms with Gasteiger partial charge in [0.2, 0.25) is 0 Å². The van der Waals surface area contributed by atoms with E-state index in [1.165, 1.54) is 5.56 Å². The standard InChI is InChI=1S/C15H17NO2.CH4O3S/c1-15-10-16(2)13(11-6-4-3-5-7-11)8-12(15)9-14(17)18-15;1-5(2,3)4/h3-7,9,13H,8,10H2,1-2H3;1H3,(H,2,3,4). The lowest BCUT2D eigenvalue weighted by atomic mass is 9.83. The zero-order chi connectivity index (χ0) is 17.3. The van der Waals surface area contributed by atoms with Crippen molar-refractivity contribution in [1.29, 1.82) is 0 Å². The summed E-state index contributed by atoms with van der Waals surface area (Å²) >= 11 is 0. The van der Waals surface area contributed by atoms with E-state index in [4.69, 9.17) is 9.29 Å². The summed E-state index contributed by atoms with van der Waals surface area (Å²) in [5.41, 5.74) is 2.00. The van der Waals surface area contributed by atoms with E-state index in [9.17, 15) is 13.2 Å². The van der Waals surface area contributed by atoms with Gasteiger partial charge in [-0.3, -0.25) is 9.45 Å². The van der Waals surface area contributed by atoms with E-state index in [0.717, 1.165) is 18.5 Å². The third-order valence-corrected chi connectivity index (χ3v) is 3.98. The minimum atomic E-state index is -3.67. The quantitative estimate of drug-likeness (QED) is 0.620. The summed E-state index contributed by atoms with van der Waals surface area (Å²) in [6, 6.07) is 10.8. The maximum Gasteiger partial charge on any atom is 0.331 e. The molecule has 0 saturated carbocycles. The number of hydrogen-bond donors (Lipinski definition) is 1. The second kappa shape index (κ2) is 6.43. The number of benzene rings is 1. The lowest BCUT2D eigenvalue weighted by Crippen LogP contribution is -2.47. The van der Waals surface area contributed by atoms with Gasteiger partial charge in [-0.05, 0) is 31.5 Å². The topological polar surface area (TPSA) is 83.9 Å². The molecule has 1 aromatic carbocycles. The Morgan fingerprint density at radius 3 is 2.43 bits per heavy atom. The molecule has 0 aromatic heterocycles. The zero-order valence-corrected chi connectivity index (χ0v) is 14.2. The molecule has 6 nitrogen and oxygen atoms in total. The molecule has 2 unspecified atom stereocenters. The first-order valence-electron chi connectivity index (χ1n) is 7.20. The number of hydrogen-bond acceptors (Lipinski definition) is 5. The van der Waals surface area contributed by atoms with Crippen LogP contribution >= 0.6 is 0 Å². The first-order valence-corrected chi connectivity index (χ1v) is 9.05. The van der Waals surface area contributed by atoms with Crippen molar-refractivity contribution in [1.82, 2.24) is 4.90 Å². The van der Waals surface area contributed by atoms with Crippen molar-refractivity contribution >= 4 is 16.1 Å². The molecule has 126 valence electrons. The Hall–Kier alpha value is -1.70. The van der Waals surface area contributed by atoms with Crippen molar-refractivity contribution in [3.63, 3.8) is 0 Å². The summed E-state index contributed by atoms with van der Waals surface area (Å²) in [5, 5.41) is 0. The van der Waals surface area contributed by atoms with Gasteiger partial charge in [-0.15, -0.1) is 0 Å². The van der Waals surface area contributed by atoms with Gasteiger partial charge in [-0.1, -0.05) is 30.3 Å². The second-order valence-electron chi connectivity index (χ2n) is 6.10. The third-order valence-electron chi connectivity index (χ3n) is 3.98. The zero-order valence-electron chi connectivity index (χ0n) is 13.4. The van der Waals surface area contributed by atoms with Gasteiger partial charge in [0, 0.05) is 18.7 Å². The summed E-state index contributed by atoms with van der Waals surface area (Å²) in [5.74, 6) is -0.199. The molecule has 2 aliphatic heterocycles. The van der Waals surface area contributed by atoms with E-state index in [0.29, 0.717) is 12.3 Å². The van der Waals surface area contributed by atoms with Gasteiger partial charge in [-0.25, -0.2) is 4.79 Å². The molecular formula is C16H21NO5S. The predicted octanol–water partition coefficient (Wildman–Crippen LogP) is 1.81. The summed E-state index contributed by atoms with van der Waals surface area (Å²) in [4.78, 5) is 13.7. The monoisotopic (exact) mass is 339 g/mol. The molecule has 3 rings (SSSR count). The van der Waals surface area contributed by atoms with E-state index in [1.54, 1.807) is 6.08 Å². The molecule has 1 N–H and O–H groups in total. The molecular weight excluding hydrogens is 318 g/mol. The minimum Gasteiger partial charge on any atom is -0.450 e. The first-order chi connectivity index (χ1) is 10.6. The summed E-state index contributed by atoms with van der Waals surface area (Å²) in [7, 11) is -1.58. The number of rotatable bonds is 1. The van der Waals surface area contributed by atoms with E-state index < -0.39 is 15.7 Å². The van der Waals surface area contributed by atoms with E-state index in [1.807, 2.05) is 13.0 Å². The van der Waals surface area contributed by atoms with E-state index in [-0.39, 0.29) is 5.97 Å². The molecule has 2 atom stereocenters. The highest BCUT2D eigenvalue weighted by Gasteiger charge is 2.45. The van der Waals surface area contributed by atoms with Crippen LogP contribution in [0, 0.1) is 0 Å². The lowest BCUT2D eigenvalue weighted by Gasteiger charge is -2.42. The van der Waals surface area contributed by atoms with Crippen LogP contribution in [0.3, 0.4) is 0 Å². The molecule has 1 aromatic rings. The van der Waals surface area contributed by atoms with Crippen LogP contribution in [-0.2, 0) is 19.6 Å². The Morgan fingerprint density at radius 2 is 1.87 bits per heavy atom. The van der Waals surface area contributed by atoms with Gasteiger partial charge in [0.1, 0.15) is 5.60 Å². The molecule has 0 amide bonds. The molecule has 1 fully saturated rings. The van der Waals surface area contributed by atoms with Gasteiger partial charge >= 0.3 is 5.97 Å². The molecule has 0 spiro atoms. The third kappa shape index (κ3) is 4.63. The van der Waals surface area contributed by atoms with Crippen LogP contribution in [0.2, 0.25) is 0 Å². The smallest absolute Gasteiger partial charge is 0.331 e. The summed E-state index contributed by atoms with van der Waals surface area (Å²) in [6.45, 7) is 2.76. The van der Waals surface area contributed by atoms with E-state index >= 15 is 0 Å². The van der Waals surface area contributed by atoms with Gasteiger partial charge < -0.3 is 4.74 Å². The SMILES string of the molecule is CN1CC2(C)OC(=O)C=C2CC1c1ccccc1.CS(=O)(=O)O. The number of likely N-dealkylation sites (N-methyl/N-ethyl adjacent to an activating group) is 1. The number of likely N-dealkylation sites (tertiary alicyclic amines) is 1. The van der Waals surface area contributed by atoms with Crippen LogP contribution in [0.4, 0.5) is 0 Å². The fraction of sp³-hybridized carbons (Fsp3) is 0.438. The predicted molar refractivity (Wildman–Crippen MR) is 86.5 cm³/mol. The van der Waals surface area contributed by atoms with E-state index in [2.05, 4.69) is 36.2 Å². The number of fused-ring (bicyclic) bond motifs is 1. The van der Waals surface area contributed by atoms with Gasteiger partial charge in [-0.2, -0.15) is 8.42 Å². The summed E-state index contributed by atoms with van der Waals surface area (Å²) < 4.78 is 31.3. The van der Waals surface area contributed by atoms with Crippen molar-refractivity contribution < 1.29 is 22.5 Å². The highest BCUT2D eigenvalue weighted by Crippen LogP contribution is 2.42. The van der Waals surface area contributed by atoms with Gasteiger partial charge in [0.05, 0.1) is 6.26 Å². The fourth-order valence-corrected chi connectivity index (χ4v) is 3.02. The normalized spacial score (nSPS) is 27.4. The number of esters is 1. The van der Waals surface area contributed by atoms with Crippen molar-refractivity contribution in [3.05, 3.63) is 47.5 Å². The van der Waals surface area contributed by atoms with Gasteiger partial charge in [0.15, 0.2) is 0 Å². The highest BCUT2D eigenvalue weighted by atomic mass is 32.2. The molecule has 1 saturated heterocycles. The minimum absolute atomic E-state index is 0.199. The van der Waals surface area contributed by atoms with Crippen LogP contribution in [0.15, 0.2) is 42.0 Å². The number of carbonyl (C=O) groups is 1. The van der Waals surface area contributed by atoms with Crippen molar-refractivity contribution in [2.45, 2.75) is 25.0 Å². The van der Waals surface area contributed by atoms with Crippen molar-refractivity contribution in [2.75, 3.05) is 19.8 Å². The van der Waals surface area contributed by atoms with Gasteiger partial charge in [0.25, 0.3) is 10.1 Å². The maximum absolute atomic E-state index is 11.4.